The van der Waals surface area contributed by atoms with Crippen molar-refractivity contribution in [2.45, 2.75) is 12.5 Å². The van der Waals surface area contributed by atoms with E-state index in [9.17, 15) is 9.18 Å². The van der Waals surface area contributed by atoms with Gasteiger partial charge in [0.2, 0.25) is 5.91 Å². The summed E-state index contributed by atoms with van der Waals surface area (Å²) in [6, 6.07) is 11.1. The third-order valence-electron chi connectivity index (χ3n) is 5.39. The summed E-state index contributed by atoms with van der Waals surface area (Å²) in [5.74, 6) is 0.129. The Balaban J connectivity index is 1.77. The first-order chi connectivity index (χ1) is 14.1. The molecule has 0 bridgehead atoms. The summed E-state index contributed by atoms with van der Waals surface area (Å²) in [5, 5.41) is 2.09. The normalized spacial score (nSPS) is 19.6. The minimum absolute atomic E-state index is 0.0424. The lowest BCUT2D eigenvalue weighted by Gasteiger charge is -2.28. The van der Waals surface area contributed by atoms with Crippen LogP contribution in [0.25, 0.3) is 0 Å². The van der Waals surface area contributed by atoms with Gasteiger partial charge in [0.1, 0.15) is 12.4 Å². The molecule has 0 N–H and O–H groups in total. The monoisotopic (exact) mass is 420 g/mol. The smallest absolute Gasteiger partial charge is 0.248 e. The summed E-state index contributed by atoms with van der Waals surface area (Å²) >= 11 is 1.75. The topological polar surface area (TPSA) is 42.0 Å². The number of hydrogen-bond donors (Lipinski definition) is 0. The molecule has 1 aromatic heterocycles. The number of carbonyl (C=O) groups is 1. The third-order valence-corrected chi connectivity index (χ3v) is 6.25. The summed E-state index contributed by atoms with van der Waals surface area (Å²) in [6.07, 6.45) is 0. The van der Waals surface area contributed by atoms with Crippen LogP contribution in [0.2, 0.25) is 0 Å². The van der Waals surface area contributed by atoms with E-state index in [2.05, 4.69) is 22.4 Å². The van der Waals surface area contributed by atoms with Gasteiger partial charge in [-0.05, 0) is 35.1 Å². The van der Waals surface area contributed by atoms with Crippen LogP contribution >= 0.6 is 11.3 Å². The van der Waals surface area contributed by atoms with Gasteiger partial charge in [-0.2, -0.15) is 0 Å². The lowest BCUT2D eigenvalue weighted by Crippen LogP contribution is -2.41. The van der Waals surface area contributed by atoms with Crippen LogP contribution in [-0.4, -0.2) is 69.3 Å². The molecule has 1 aliphatic rings. The number of ether oxygens (including phenoxy) is 2. The molecule has 2 atom stereocenters. The Labute approximate surface area is 176 Å². The van der Waals surface area contributed by atoms with Crippen molar-refractivity contribution in [3.05, 3.63) is 58.0 Å². The van der Waals surface area contributed by atoms with Gasteiger partial charge in [-0.1, -0.05) is 18.2 Å². The van der Waals surface area contributed by atoms with Crippen LogP contribution in [0.3, 0.4) is 0 Å². The minimum atomic E-state index is -0.218. The average molecular weight is 421 g/mol. The van der Waals surface area contributed by atoms with Gasteiger partial charge in [0.25, 0.3) is 0 Å². The molecule has 2 heterocycles. The number of rotatable bonds is 10. The molecule has 1 aromatic carbocycles. The summed E-state index contributed by atoms with van der Waals surface area (Å²) in [5.41, 5.74) is 0.995. The second kappa shape index (κ2) is 10.8. The van der Waals surface area contributed by atoms with Crippen LogP contribution in [0.15, 0.2) is 41.8 Å². The van der Waals surface area contributed by atoms with Crippen molar-refractivity contribution in [1.29, 1.82) is 0 Å². The van der Waals surface area contributed by atoms with Gasteiger partial charge in [0.15, 0.2) is 0 Å². The zero-order valence-corrected chi connectivity index (χ0v) is 17.9. The average Bonchev–Trinajstić information content (AvgIpc) is 3.35. The van der Waals surface area contributed by atoms with Crippen LogP contribution in [0.5, 0.6) is 0 Å². The largest absolute Gasteiger partial charge is 0.383 e. The molecule has 0 spiro atoms. The van der Waals surface area contributed by atoms with Crippen molar-refractivity contribution in [2.75, 3.05) is 53.6 Å². The number of nitrogens with zero attached hydrogens (tertiary/aromatic N) is 2. The molecule has 1 fully saturated rings. The predicted octanol–water partition coefficient (Wildman–Crippen LogP) is 3.22. The molecule has 7 heteroatoms. The van der Waals surface area contributed by atoms with Crippen molar-refractivity contribution < 1.29 is 18.7 Å². The van der Waals surface area contributed by atoms with E-state index in [1.807, 2.05) is 11.0 Å². The van der Waals surface area contributed by atoms with Gasteiger partial charge in [0, 0.05) is 57.7 Å². The summed E-state index contributed by atoms with van der Waals surface area (Å²) in [4.78, 5) is 18.1. The Kier molecular flexibility index (Phi) is 8.18. The molecule has 158 valence electrons. The fraction of sp³-hybridized carbons (Fsp3) is 0.500. The molecule has 1 amide bonds. The molecule has 1 aliphatic heterocycles. The molecule has 5 nitrogen and oxygen atoms in total. The Bertz CT molecular complexity index is 771. The number of likely N-dealkylation sites (tertiary alicyclic amines) is 1. The van der Waals surface area contributed by atoms with Gasteiger partial charge in [-0.15, -0.1) is 11.3 Å². The second-order valence-corrected chi connectivity index (χ2v) is 8.49. The molecular weight excluding hydrogens is 391 g/mol. The highest BCUT2D eigenvalue weighted by molar-refractivity contribution is 7.09. The van der Waals surface area contributed by atoms with E-state index in [4.69, 9.17) is 9.47 Å². The van der Waals surface area contributed by atoms with Crippen LogP contribution in [0, 0.1) is 11.7 Å². The summed E-state index contributed by atoms with van der Waals surface area (Å²) in [7, 11) is 3.16. The maximum Gasteiger partial charge on any atom is 0.248 e. The Morgan fingerprint density at radius 1 is 1.24 bits per heavy atom. The van der Waals surface area contributed by atoms with Gasteiger partial charge in [-0.3, -0.25) is 9.69 Å². The molecule has 0 saturated carbocycles. The minimum Gasteiger partial charge on any atom is -0.383 e. The molecular formula is C22H29FN2O3S. The first kappa shape index (κ1) is 21.9. The van der Waals surface area contributed by atoms with E-state index < -0.39 is 0 Å². The molecule has 2 aromatic rings. The molecule has 29 heavy (non-hydrogen) atoms. The Hall–Kier alpha value is -1.80. The number of carbonyl (C=O) groups excluding carboxylic acids is 1. The second-order valence-electron chi connectivity index (χ2n) is 7.46. The van der Waals surface area contributed by atoms with E-state index in [1.54, 1.807) is 30.6 Å². The number of benzene rings is 1. The van der Waals surface area contributed by atoms with Gasteiger partial charge in [0.05, 0.1) is 6.61 Å². The highest BCUT2D eigenvalue weighted by Crippen LogP contribution is 2.35. The van der Waals surface area contributed by atoms with Gasteiger partial charge >= 0.3 is 0 Å². The molecule has 0 radical (unpaired) electrons. The molecule has 0 aliphatic carbocycles. The zero-order chi connectivity index (χ0) is 20.6. The number of thiophene rings is 1. The van der Waals surface area contributed by atoms with Crippen molar-refractivity contribution in [3.63, 3.8) is 0 Å². The van der Waals surface area contributed by atoms with Crippen molar-refractivity contribution >= 4 is 17.2 Å². The highest BCUT2D eigenvalue weighted by Gasteiger charge is 2.36. The van der Waals surface area contributed by atoms with Crippen LogP contribution in [0.4, 0.5) is 4.39 Å². The van der Waals surface area contributed by atoms with E-state index in [1.165, 1.54) is 18.1 Å². The lowest BCUT2D eigenvalue weighted by atomic mass is 9.88. The molecule has 0 unspecified atom stereocenters. The van der Waals surface area contributed by atoms with Crippen molar-refractivity contribution in [1.82, 2.24) is 9.80 Å². The number of halogens is 1. The lowest BCUT2D eigenvalue weighted by molar-refractivity contribution is -0.136. The number of hydrogen-bond acceptors (Lipinski definition) is 5. The maximum atomic E-state index is 13.9. The van der Waals surface area contributed by atoms with E-state index in [-0.39, 0.29) is 30.2 Å². The zero-order valence-electron chi connectivity index (χ0n) is 17.1. The van der Waals surface area contributed by atoms with Crippen LogP contribution in [-0.2, 0) is 20.8 Å². The predicted molar refractivity (Wildman–Crippen MR) is 113 cm³/mol. The first-order valence-electron chi connectivity index (χ1n) is 9.86. The summed E-state index contributed by atoms with van der Waals surface area (Å²) < 4.78 is 24.1. The SMILES string of the molecule is COCCN(C[C@@H]1CN(Cc2cccs2)C[C@H]1c1cccc(F)c1)C(=O)COC. The maximum absolute atomic E-state index is 13.9. The number of amides is 1. The van der Waals surface area contributed by atoms with Gasteiger partial charge in [-0.25, -0.2) is 4.39 Å². The Morgan fingerprint density at radius 2 is 2.10 bits per heavy atom. The summed E-state index contributed by atoms with van der Waals surface area (Å²) in [6.45, 7) is 4.25. The quantitative estimate of drug-likeness (QED) is 0.592. The van der Waals surface area contributed by atoms with Crippen molar-refractivity contribution in [2.24, 2.45) is 5.92 Å². The Morgan fingerprint density at radius 3 is 2.79 bits per heavy atom. The first-order valence-corrected chi connectivity index (χ1v) is 10.7. The fourth-order valence-electron chi connectivity index (χ4n) is 4.03. The number of methoxy groups -OCH3 is 2. The standard InChI is InChI=1S/C22H29FN2O3S/c1-27-9-8-25(22(26)16-28-2)13-18-12-24(14-20-7-4-10-29-20)15-21(18)17-5-3-6-19(23)11-17/h3-7,10-11,18,21H,8-9,12-16H2,1-2H3/t18-,21-/m0/s1. The van der Waals surface area contributed by atoms with Crippen LogP contribution in [0.1, 0.15) is 16.4 Å². The molecule has 3 rings (SSSR count). The molecule has 1 saturated heterocycles. The van der Waals surface area contributed by atoms with E-state index >= 15 is 0 Å². The van der Waals surface area contributed by atoms with Gasteiger partial charge < -0.3 is 14.4 Å². The highest BCUT2D eigenvalue weighted by atomic mass is 32.1. The van der Waals surface area contributed by atoms with E-state index in [0.29, 0.717) is 19.7 Å². The van der Waals surface area contributed by atoms with E-state index in [0.717, 1.165) is 25.2 Å². The van der Waals surface area contributed by atoms with Crippen LogP contribution < -0.4 is 0 Å². The van der Waals surface area contributed by atoms with Crippen molar-refractivity contribution in [3.8, 4) is 0 Å². The third kappa shape index (κ3) is 6.09. The fourth-order valence-corrected chi connectivity index (χ4v) is 4.78.